The summed E-state index contributed by atoms with van der Waals surface area (Å²) in [5.41, 5.74) is 1.00. The molecule has 0 aromatic carbocycles. The number of aromatic nitrogens is 1. The summed E-state index contributed by atoms with van der Waals surface area (Å²) < 4.78 is 5.07. The zero-order valence-electron chi connectivity index (χ0n) is 5.55. The minimum absolute atomic E-state index is 0.922. The van der Waals surface area contributed by atoms with Crippen LogP contribution < -0.4 is 0 Å². The summed E-state index contributed by atoms with van der Waals surface area (Å²) in [4.78, 5) is 3.96. The van der Waals surface area contributed by atoms with Gasteiger partial charge in [-0.3, -0.25) is 0 Å². The Morgan fingerprint density at radius 1 is 1.78 bits per heavy atom. The number of aryl methyl sites for hydroxylation is 1. The molecule has 0 saturated carbocycles. The molecule has 0 unspecified atom stereocenters. The zero-order chi connectivity index (χ0) is 6.69. The van der Waals surface area contributed by atoms with Gasteiger partial charge in [0.2, 0.25) is 0 Å². The van der Waals surface area contributed by atoms with Crippen molar-refractivity contribution in [2.45, 2.75) is 12.7 Å². The van der Waals surface area contributed by atoms with E-state index in [1.807, 2.05) is 13.2 Å². The first kappa shape index (κ1) is 6.68. The van der Waals surface area contributed by atoms with Crippen LogP contribution in [0.1, 0.15) is 11.5 Å². The van der Waals surface area contributed by atoms with E-state index >= 15 is 0 Å². The Kier molecular flexibility index (Phi) is 2.16. The number of hydrogen-bond donors (Lipinski definition) is 0. The van der Waals surface area contributed by atoms with Crippen molar-refractivity contribution in [1.82, 2.24) is 4.98 Å². The molecule has 0 fully saturated rings. The van der Waals surface area contributed by atoms with Crippen molar-refractivity contribution in [3.05, 3.63) is 17.8 Å². The highest BCUT2D eigenvalue weighted by molar-refractivity contribution is 7.97. The Bertz CT molecular complexity index is 185. The van der Waals surface area contributed by atoms with Crippen LogP contribution in [0.4, 0.5) is 0 Å². The van der Waals surface area contributed by atoms with E-state index in [4.69, 9.17) is 4.42 Å². The summed E-state index contributed by atoms with van der Waals surface area (Å²) >= 11 is 1.74. The van der Waals surface area contributed by atoms with Crippen molar-refractivity contribution in [2.24, 2.45) is 0 Å². The Balaban J connectivity index is 2.69. The van der Waals surface area contributed by atoms with Crippen molar-refractivity contribution >= 4 is 11.8 Å². The van der Waals surface area contributed by atoms with Gasteiger partial charge in [-0.05, 0) is 13.2 Å². The summed E-state index contributed by atoms with van der Waals surface area (Å²) in [5.74, 6) is 1.91. The molecule has 0 aliphatic heterocycles. The van der Waals surface area contributed by atoms with Crippen molar-refractivity contribution in [3.63, 3.8) is 0 Å². The van der Waals surface area contributed by atoms with E-state index in [0.29, 0.717) is 0 Å². The van der Waals surface area contributed by atoms with E-state index in [1.165, 1.54) is 6.39 Å². The SMILES string of the molecule is CSCc1ocnc1C. The summed E-state index contributed by atoms with van der Waals surface area (Å²) in [6.45, 7) is 1.95. The molecule has 0 aliphatic carbocycles. The number of hydrogen-bond acceptors (Lipinski definition) is 3. The smallest absolute Gasteiger partial charge is 0.181 e. The van der Waals surface area contributed by atoms with Gasteiger partial charge in [0.1, 0.15) is 5.76 Å². The maximum Gasteiger partial charge on any atom is 0.181 e. The molecule has 1 heterocycles. The molecule has 0 aliphatic rings. The van der Waals surface area contributed by atoms with Gasteiger partial charge < -0.3 is 4.42 Å². The first-order valence-corrected chi connectivity index (χ1v) is 4.12. The largest absolute Gasteiger partial charge is 0.447 e. The molecule has 1 aromatic heterocycles. The van der Waals surface area contributed by atoms with Crippen LogP contribution in [-0.2, 0) is 5.75 Å². The van der Waals surface area contributed by atoms with Gasteiger partial charge in [0.05, 0.1) is 11.4 Å². The van der Waals surface area contributed by atoms with Crippen LogP contribution in [0.2, 0.25) is 0 Å². The summed E-state index contributed by atoms with van der Waals surface area (Å²) in [5, 5.41) is 0. The quantitative estimate of drug-likeness (QED) is 0.632. The second-order valence-corrected chi connectivity index (χ2v) is 2.66. The molecule has 0 atom stereocenters. The summed E-state index contributed by atoms with van der Waals surface area (Å²) in [6, 6.07) is 0. The van der Waals surface area contributed by atoms with E-state index < -0.39 is 0 Å². The van der Waals surface area contributed by atoms with Crippen LogP contribution in [0.3, 0.4) is 0 Å². The lowest BCUT2D eigenvalue weighted by atomic mass is 10.4. The Morgan fingerprint density at radius 3 is 3.00 bits per heavy atom. The number of thioether (sulfide) groups is 1. The monoisotopic (exact) mass is 143 g/mol. The molecule has 0 radical (unpaired) electrons. The molecule has 2 nitrogen and oxygen atoms in total. The van der Waals surface area contributed by atoms with E-state index in [0.717, 1.165) is 17.2 Å². The fourth-order valence-electron chi connectivity index (χ4n) is 0.596. The predicted molar refractivity (Wildman–Crippen MR) is 38.5 cm³/mol. The first-order valence-electron chi connectivity index (χ1n) is 2.72. The lowest BCUT2D eigenvalue weighted by Crippen LogP contribution is -1.78. The second-order valence-electron chi connectivity index (χ2n) is 1.79. The summed E-state index contributed by atoms with van der Waals surface area (Å²) in [6.07, 6.45) is 3.53. The van der Waals surface area contributed by atoms with Crippen LogP contribution in [0.15, 0.2) is 10.8 Å². The lowest BCUT2D eigenvalue weighted by molar-refractivity contribution is 0.522. The highest BCUT2D eigenvalue weighted by Gasteiger charge is 1.99. The van der Waals surface area contributed by atoms with Gasteiger partial charge >= 0.3 is 0 Å². The minimum atomic E-state index is 0.922. The van der Waals surface area contributed by atoms with E-state index in [2.05, 4.69) is 4.98 Å². The van der Waals surface area contributed by atoms with Gasteiger partial charge in [0.25, 0.3) is 0 Å². The standard InChI is InChI=1S/C6H9NOS/c1-5-6(3-9-2)8-4-7-5/h4H,3H2,1-2H3. The number of rotatable bonds is 2. The van der Waals surface area contributed by atoms with Gasteiger partial charge in [-0.25, -0.2) is 4.98 Å². The Labute approximate surface area is 58.7 Å². The third-order valence-corrected chi connectivity index (χ3v) is 1.67. The molecule has 9 heavy (non-hydrogen) atoms. The lowest BCUT2D eigenvalue weighted by Gasteiger charge is -1.89. The average molecular weight is 143 g/mol. The second kappa shape index (κ2) is 2.92. The van der Waals surface area contributed by atoms with Crippen LogP contribution >= 0.6 is 11.8 Å². The van der Waals surface area contributed by atoms with Gasteiger partial charge in [0, 0.05) is 0 Å². The number of oxazole rings is 1. The molecular weight excluding hydrogens is 134 g/mol. The molecule has 0 saturated heterocycles. The Morgan fingerprint density at radius 2 is 2.56 bits per heavy atom. The molecule has 0 spiro atoms. The molecule has 1 rings (SSSR count). The van der Waals surface area contributed by atoms with Crippen LogP contribution in [0.25, 0.3) is 0 Å². The molecule has 1 aromatic rings. The van der Waals surface area contributed by atoms with Gasteiger partial charge in [-0.15, -0.1) is 0 Å². The van der Waals surface area contributed by atoms with Crippen LogP contribution in [0, 0.1) is 6.92 Å². The fraction of sp³-hybridized carbons (Fsp3) is 0.500. The van der Waals surface area contributed by atoms with Gasteiger partial charge in [-0.1, -0.05) is 0 Å². The highest BCUT2D eigenvalue weighted by atomic mass is 32.2. The molecule has 0 bridgehead atoms. The van der Waals surface area contributed by atoms with Crippen molar-refractivity contribution in [2.75, 3.05) is 6.26 Å². The third-order valence-electron chi connectivity index (χ3n) is 1.12. The maximum atomic E-state index is 5.07. The van der Waals surface area contributed by atoms with Crippen molar-refractivity contribution in [1.29, 1.82) is 0 Å². The number of nitrogens with zero attached hydrogens (tertiary/aromatic N) is 1. The first-order chi connectivity index (χ1) is 4.34. The molecule has 0 N–H and O–H groups in total. The van der Waals surface area contributed by atoms with Gasteiger partial charge in [0.15, 0.2) is 6.39 Å². The average Bonchev–Trinajstić information content (AvgIpc) is 2.18. The summed E-state index contributed by atoms with van der Waals surface area (Å²) in [7, 11) is 0. The van der Waals surface area contributed by atoms with E-state index in [1.54, 1.807) is 11.8 Å². The third kappa shape index (κ3) is 1.48. The zero-order valence-corrected chi connectivity index (χ0v) is 6.36. The van der Waals surface area contributed by atoms with Crippen molar-refractivity contribution < 1.29 is 4.42 Å². The van der Waals surface area contributed by atoms with Crippen LogP contribution in [0.5, 0.6) is 0 Å². The molecule has 3 heteroatoms. The van der Waals surface area contributed by atoms with Crippen LogP contribution in [-0.4, -0.2) is 11.2 Å². The van der Waals surface area contributed by atoms with E-state index in [9.17, 15) is 0 Å². The highest BCUT2D eigenvalue weighted by Crippen LogP contribution is 2.11. The van der Waals surface area contributed by atoms with Gasteiger partial charge in [-0.2, -0.15) is 11.8 Å². The minimum Gasteiger partial charge on any atom is -0.447 e. The fourth-order valence-corrected chi connectivity index (χ4v) is 1.13. The maximum absolute atomic E-state index is 5.07. The normalized spacial score (nSPS) is 10.0. The van der Waals surface area contributed by atoms with E-state index in [-0.39, 0.29) is 0 Å². The van der Waals surface area contributed by atoms with Crippen molar-refractivity contribution in [3.8, 4) is 0 Å². The molecular formula is C6H9NOS. The predicted octanol–water partition coefficient (Wildman–Crippen LogP) is 1.85. The Hall–Kier alpha value is -0.440. The topological polar surface area (TPSA) is 26.0 Å². The molecule has 50 valence electrons. The molecule has 0 amide bonds.